The van der Waals surface area contributed by atoms with Crippen LogP contribution in [0.1, 0.15) is 57.6 Å². The standard InChI is InChI=1S/C26H34F3N5O3/c1-15-10-22(32-33-23(15)20-8-7-16(11-21(20)35)26(27,28)29)30-17-6-5-9-34(14-17)19-12-18(13-19)31-24(36)37-25(2,3)4/h7-8,10-11,17-19,35H,5-6,9,12-14H2,1-4H3,(H,30,32)(H,31,36)/t17-,18?,19?/m1/s1. The summed E-state index contributed by atoms with van der Waals surface area (Å²) in [6.45, 7) is 9.15. The van der Waals surface area contributed by atoms with E-state index in [4.69, 9.17) is 4.74 Å². The molecular formula is C26H34F3N5O3. The van der Waals surface area contributed by atoms with Crippen molar-refractivity contribution in [3.05, 3.63) is 35.4 Å². The van der Waals surface area contributed by atoms with Gasteiger partial charge in [-0.25, -0.2) is 4.79 Å². The van der Waals surface area contributed by atoms with E-state index in [2.05, 4.69) is 25.7 Å². The van der Waals surface area contributed by atoms with Crippen molar-refractivity contribution in [3.63, 3.8) is 0 Å². The number of hydrogen-bond acceptors (Lipinski definition) is 7. The van der Waals surface area contributed by atoms with Crippen LogP contribution in [-0.2, 0) is 10.9 Å². The third-order valence-corrected chi connectivity index (χ3v) is 6.72. The molecule has 0 bridgehead atoms. The van der Waals surface area contributed by atoms with Crippen molar-refractivity contribution in [2.45, 2.75) is 83.3 Å². The number of aryl methyl sites for hydroxylation is 1. The Bertz CT molecular complexity index is 1130. The van der Waals surface area contributed by atoms with E-state index in [0.29, 0.717) is 29.2 Å². The molecule has 2 fully saturated rings. The molecule has 1 aromatic carbocycles. The number of anilines is 1. The van der Waals surface area contributed by atoms with Gasteiger partial charge in [0.05, 0.1) is 11.3 Å². The van der Waals surface area contributed by atoms with Crippen molar-refractivity contribution in [3.8, 4) is 17.0 Å². The highest BCUT2D eigenvalue weighted by Gasteiger charge is 2.37. The van der Waals surface area contributed by atoms with Gasteiger partial charge in [-0.05, 0) is 89.8 Å². The molecule has 0 unspecified atom stereocenters. The predicted octanol–water partition coefficient (Wildman–Crippen LogP) is 5.11. The highest BCUT2D eigenvalue weighted by molar-refractivity contribution is 5.70. The van der Waals surface area contributed by atoms with Crippen LogP contribution in [0.5, 0.6) is 5.75 Å². The normalized spacial score (nSPS) is 22.7. The maximum absolute atomic E-state index is 12.9. The number of phenolic OH excluding ortho intramolecular Hbond substituents is 1. The molecule has 1 amide bonds. The lowest BCUT2D eigenvalue weighted by Crippen LogP contribution is -2.57. The average molecular weight is 522 g/mol. The number of aromatic nitrogens is 2. The van der Waals surface area contributed by atoms with Crippen LogP contribution in [0.15, 0.2) is 24.3 Å². The third-order valence-electron chi connectivity index (χ3n) is 6.72. The van der Waals surface area contributed by atoms with Crippen LogP contribution in [-0.4, -0.2) is 63.1 Å². The first-order chi connectivity index (χ1) is 17.3. The maximum Gasteiger partial charge on any atom is 0.416 e. The Labute approximate surface area is 214 Å². The summed E-state index contributed by atoms with van der Waals surface area (Å²) in [5.74, 6) is 0.0911. The van der Waals surface area contributed by atoms with E-state index >= 15 is 0 Å². The van der Waals surface area contributed by atoms with Crippen molar-refractivity contribution < 1.29 is 27.8 Å². The van der Waals surface area contributed by atoms with Gasteiger partial charge in [-0.3, -0.25) is 4.90 Å². The highest BCUT2D eigenvalue weighted by Crippen LogP contribution is 2.37. The van der Waals surface area contributed by atoms with Crippen LogP contribution in [0.2, 0.25) is 0 Å². The van der Waals surface area contributed by atoms with Gasteiger partial charge >= 0.3 is 12.3 Å². The molecule has 4 rings (SSSR count). The number of alkyl halides is 3. The number of ether oxygens (including phenoxy) is 1. The quantitative estimate of drug-likeness (QED) is 0.503. The Morgan fingerprint density at radius 2 is 1.86 bits per heavy atom. The SMILES string of the molecule is Cc1cc(N[C@@H]2CCCN(C3CC(NC(=O)OC(C)(C)C)C3)C2)nnc1-c1ccc(C(F)(F)F)cc1O. The molecule has 1 saturated carbocycles. The van der Waals surface area contributed by atoms with E-state index in [-0.39, 0.29) is 23.7 Å². The lowest BCUT2D eigenvalue weighted by Gasteiger charge is -2.46. The molecule has 0 spiro atoms. The fraction of sp³-hybridized carbons (Fsp3) is 0.577. The molecule has 8 nitrogen and oxygen atoms in total. The molecule has 2 heterocycles. The minimum atomic E-state index is -4.53. The summed E-state index contributed by atoms with van der Waals surface area (Å²) in [4.78, 5) is 14.4. The summed E-state index contributed by atoms with van der Waals surface area (Å²) >= 11 is 0. The van der Waals surface area contributed by atoms with Crippen LogP contribution in [0, 0.1) is 6.92 Å². The van der Waals surface area contributed by atoms with Gasteiger partial charge in [-0.15, -0.1) is 10.2 Å². The number of benzene rings is 1. The maximum atomic E-state index is 12.9. The molecule has 3 N–H and O–H groups in total. The fourth-order valence-corrected chi connectivity index (χ4v) is 4.87. The Hall–Kier alpha value is -3.08. The highest BCUT2D eigenvalue weighted by atomic mass is 19.4. The summed E-state index contributed by atoms with van der Waals surface area (Å²) in [6.07, 6.45) is -1.14. The van der Waals surface area contributed by atoms with E-state index < -0.39 is 23.1 Å². The third kappa shape index (κ3) is 6.82. The Kier molecular flexibility index (Phi) is 7.55. The molecule has 1 aliphatic heterocycles. The minimum Gasteiger partial charge on any atom is -0.507 e. The first-order valence-corrected chi connectivity index (χ1v) is 12.5. The molecule has 2 aliphatic rings. The number of nitrogens with one attached hydrogen (secondary N) is 2. The molecule has 1 aromatic heterocycles. The van der Waals surface area contributed by atoms with Gasteiger partial charge < -0.3 is 20.5 Å². The van der Waals surface area contributed by atoms with Gasteiger partial charge in [0.15, 0.2) is 0 Å². The smallest absolute Gasteiger partial charge is 0.416 e. The van der Waals surface area contributed by atoms with Gasteiger partial charge in [0.2, 0.25) is 0 Å². The summed E-state index contributed by atoms with van der Waals surface area (Å²) < 4.78 is 44.1. The predicted molar refractivity (Wildman–Crippen MR) is 133 cm³/mol. The first-order valence-electron chi connectivity index (χ1n) is 12.5. The number of carbonyl (C=O) groups excluding carboxylic acids is 1. The van der Waals surface area contributed by atoms with Crippen LogP contribution in [0.25, 0.3) is 11.3 Å². The molecule has 1 aliphatic carbocycles. The molecule has 2 aromatic rings. The second kappa shape index (κ2) is 10.4. The number of alkyl carbamates (subject to hydrolysis) is 1. The summed E-state index contributed by atoms with van der Waals surface area (Å²) in [7, 11) is 0. The Balaban J connectivity index is 1.32. The number of hydrogen-bond donors (Lipinski definition) is 3. The van der Waals surface area contributed by atoms with Crippen molar-refractivity contribution in [1.29, 1.82) is 0 Å². The van der Waals surface area contributed by atoms with Crippen LogP contribution in [0.4, 0.5) is 23.8 Å². The minimum absolute atomic E-state index is 0.121. The molecule has 202 valence electrons. The topological polar surface area (TPSA) is 99.6 Å². The van der Waals surface area contributed by atoms with Gasteiger partial charge in [0.25, 0.3) is 0 Å². The monoisotopic (exact) mass is 521 g/mol. The van der Waals surface area contributed by atoms with Crippen molar-refractivity contribution >= 4 is 11.9 Å². The molecule has 0 radical (unpaired) electrons. The first kappa shape index (κ1) is 27.0. The van der Waals surface area contributed by atoms with Gasteiger partial charge in [0.1, 0.15) is 17.2 Å². The van der Waals surface area contributed by atoms with Crippen molar-refractivity contribution in [2.75, 3.05) is 18.4 Å². The fourth-order valence-electron chi connectivity index (χ4n) is 4.87. The number of aromatic hydroxyl groups is 1. The lowest BCUT2D eigenvalue weighted by molar-refractivity contribution is -0.137. The average Bonchev–Trinajstić information content (AvgIpc) is 2.75. The van der Waals surface area contributed by atoms with Crippen LogP contribution < -0.4 is 10.6 Å². The van der Waals surface area contributed by atoms with E-state index in [0.717, 1.165) is 44.8 Å². The largest absolute Gasteiger partial charge is 0.507 e. The van der Waals surface area contributed by atoms with E-state index in [1.807, 2.05) is 20.8 Å². The van der Waals surface area contributed by atoms with Crippen molar-refractivity contribution in [1.82, 2.24) is 20.4 Å². The van der Waals surface area contributed by atoms with E-state index in [1.165, 1.54) is 6.07 Å². The number of halogens is 3. The number of nitrogens with zero attached hydrogens (tertiary/aromatic N) is 3. The second-order valence-corrected chi connectivity index (χ2v) is 10.9. The Morgan fingerprint density at radius 3 is 2.49 bits per heavy atom. The Morgan fingerprint density at radius 1 is 1.14 bits per heavy atom. The molecule has 1 saturated heterocycles. The summed E-state index contributed by atoms with van der Waals surface area (Å²) in [5, 5.41) is 25.0. The zero-order valence-electron chi connectivity index (χ0n) is 21.5. The van der Waals surface area contributed by atoms with Crippen LogP contribution in [0.3, 0.4) is 0 Å². The van der Waals surface area contributed by atoms with Crippen LogP contribution >= 0.6 is 0 Å². The molecule has 11 heteroatoms. The second-order valence-electron chi connectivity index (χ2n) is 10.9. The van der Waals surface area contributed by atoms with Gasteiger partial charge in [-0.1, -0.05) is 0 Å². The van der Waals surface area contributed by atoms with E-state index in [1.54, 1.807) is 13.0 Å². The van der Waals surface area contributed by atoms with Gasteiger partial charge in [0, 0.05) is 30.2 Å². The lowest BCUT2D eigenvalue weighted by atomic mass is 9.84. The van der Waals surface area contributed by atoms with Gasteiger partial charge in [-0.2, -0.15) is 13.2 Å². The number of likely N-dealkylation sites (tertiary alicyclic amines) is 1. The molecule has 37 heavy (non-hydrogen) atoms. The zero-order valence-corrected chi connectivity index (χ0v) is 21.5. The summed E-state index contributed by atoms with van der Waals surface area (Å²) in [5.41, 5.74) is -0.211. The number of piperidine rings is 1. The zero-order chi connectivity index (χ0) is 27.0. The number of amides is 1. The molecule has 1 atom stereocenters. The molecular weight excluding hydrogens is 487 g/mol. The van der Waals surface area contributed by atoms with E-state index in [9.17, 15) is 23.1 Å². The van der Waals surface area contributed by atoms with Crippen molar-refractivity contribution in [2.24, 2.45) is 0 Å². The number of carbonyl (C=O) groups is 1. The summed E-state index contributed by atoms with van der Waals surface area (Å²) in [6, 6.07) is 5.33. The number of rotatable bonds is 5. The number of phenols is 1.